The fraction of sp³-hybridized carbons (Fsp3) is 0.583. The van der Waals surface area contributed by atoms with Crippen molar-refractivity contribution in [3.63, 3.8) is 0 Å². The zero-order chi connectivity index (χ0) is 13.5. The van der Waals surface area contributed by atoms with Crippen LogP contribution in [0.5, 0.6) is 0 Å². The molecule has 100 valence electrons. The summed E-state index contributed by atoms with van der Waals surface area (Å²) in [6.45, 7) is 5.83. The molecule has 0 aliphatic rings. The molecule has 0 fully saturated rings. The molecule has 18 heavy (non-hydrogen) atoms. The summed E-state index contributed by atoms with van der Waals surface area (Å²) >= 11 is 1.22. The summed E-state index contributed by atoms with van der Waals surface area (Å²) in [5, 5.41) is 2.06. The van der Waals surface area contributed by atoms with Crippen LogP contribution in [0.2, 0.25) is 0 Å². The van der Waals surface area contributed by atoms with Gasteiger partial charge in [-0.15, -0.1) is 11.3 Å². The smallest absolute Gasteiger partial charge is 0.311 e. The first-order valence-corrected chi connectivity index (χ1v) is 6.65. The van der Waals surface area contributed by atoms with Gasteiger partial charge in [0.1, 0.15) is 6.61 Å². The van der Waals surface area contributed by atoms with Crippen LogP contribution < -0.4 is 0 Å². The van der Waals surface area contributed by atoms with Crippen molar-refractivity contribution in [1.29, 1.82) is 0 Å². The minimum absolute atomic E-state index is 0.00733. The molecule has 0 amide bonds. The summed E-state index contributed by atoms with van der Waals surface area (Å²) in [6, 6.07) is 0. The zero-order valence-corrected chi connectivity index (χ0v) is 11.6. The molecule has 0 saturated carbocycles. The van der Waals surface area contributed by atoms with Crippen LogP contribution in [0, 0.1) is 0 Å². The van der Waals surface area contributed by atoms with Gasteiger partial charge in [0.25, 0.3) is 0 Å². The van der Waals surface area contributed by atoms with E-state index in [0.717, 1.165) is 0 Å². The second-order valence-electron chi connectivity index (χ2n) is 3.91. The number of hydrogen-bond donors (Lipinski definition) is 0. The van der Waals surface area contributed by atoms with Gasteiger partial charge >= 0.3 is 5.97 Å². The van der Waals surface area contributed by atoms with Crippen molar-refractivity contribution in [3.05, 3.63) is 16.1 Å². The number of carbonyl (C=O) groups excluding carboxylic acids is 2. The Morgan fingerprint density at radius 2 is 2.17 bits per heavy atom. The van der Waals surface area contributed by atoms with E-state index in [2.05, 4.69) is 4.98 Å². The molecule has 5 nitrogen and oxygen atoms in total. The number of esters is 1. The second-order valence-corrected chi connectivity index (χ2v) is 4.77. The molecule has 6 heteroatoms. The number of aromatic nitrogens is 1. The highest BCUT2D eigenvalue weighted by Gasteiger charge is 2.14. The number of nitrogens with zero attached hydrogens (tertiary/aromatic N) is 1. The average molecular weight is 271 g/mol. The van der Waals surface area contributed by atoms with Gasteiger partial charge in [-0.05, 0) is 20.8 Å². The summed E-state index contributed by atoms with van der Waals surface area (Å²) in [5.74, 6) is -0.496. The van der Waals surface area contributed by atoms with E-state index in [9.17, 15) is 9.59 Å². The van der Waals surface area contributed by atoms with Crippen LogP contribution in [0.3, 0.4) is 0 Å². The highest BCUT2D eigenvalue weighted by atomic mass is 32.1. The fourth-order valence-electron chi connectivity index (χ4n) is 1.18. The molecule has 1 aromatic heterocycles. The van der Waals surface area contributed by atoms with Crippen LogP contribution >= 0.6 is 11.3 Å². The van der Waals surface area contributed by atoms with Crippen molar-refractivity contribution in [2.45, 2.75) is 33.3 Å². The molecule has 0 aliphatic carbocycles. The van der Waals surface area contributed by atoms with E-state index in [1.807, 2.05) is 13.8 Å². The molecule has 1 rings (SSSR count). The lowest BCUT2D eigenvalue weighted by Gasteiger charge is -2.04. The predicted molar refractivity (Wildman–Crippen MR) is 67.9 cm³/mol. The summed E-state index contributed by atoms with van der Waals surface area (Å²) in [6.07, 6.45) is 0.107. The SMILES string of the molecule is CCOC(=O)Cc1csc(C(=O)COC(C)C)n1. The van der Waals surface area contributed by atoms with Crippen molar-refractivity contribution in [3.8, 4) is 0 Å². The Hall–Kier alpha value is -1.27. The van der Waals surface area contributed by atoms with E-state index >= 15 is 0 Å². The van der Waals surface area contributed by atoms with E-state index < -0.39 is 0 Å². The van der Waals surface area contributed by atoms with Crippen LogP contribution in [0.15, 0.2) is 5.38 Å². The Balaban J connectivity index is 2.52. The molecule has 0 bridgehead atoms. The van der Waals surface area contributed by atoms with Crippen LogP contribution in [0.4, 0.5) is 0 Å². The van der Waals surface area contributed by atoms with E-state index in [0.29, 0.717) is 17.3 Å². The van der Waals surface area contributed by atoms with Gasteiger partial charge in [0.2, 0.25) is 5.78 Å². The molecule has 1 heterocycles. The Morgan fingerprint density at radius 1 is 1.44 bits per heavy atom. The first kappa shape index (κ1) is 14.8. The number of ether oxygens (including phenoxy) is 2. The normalized spacial score (nSPS) is 10.7. The number of thiazole rings is 1. The highest BCUT2D eigenvalue weighted by Crippen LogP contribution is 2.12. The van der Waals surface area contributed by atoms with Gasteiger partial charge in [-0.1, -0.05) is 0 Å². The van der Waals surface area contributed by atoms with E-state index in [-0.39, 0.29) is 30.9 Å². The highest BCUT2D eigenvalue weighted by molar-refractivity contribution is 7.11. The monoisotopic (exact) mass is 271 g/mol. The summed E-state index contributed by atoms with van der Waals surface area (Å²) in [7, 11) is 0. The molecule has 0 N–H and O–H groups in total. The van der Waals surface area contributed by atoms with Crippen LogP contribution in [-0.2, 0) is 20.7 Å². The van der Waals surface area contributed by atoms with E-state index in [1.54, 1.807) is 12.3 Å². The van der Waals surface area contributed by atoms with E-state index in [4.69, 9.17) is 9.47 Å². The molecule has 0 saturated heterocycles. The molecule has 0 spiro atoms. The maximum Gasteiger partial charge on any atom is 0.311 e. The van der Waals surface area contributed by atoms with Crippen LogP contribution in [0.1, 0.15) is 36.3 Å². The molecule has 0 radical (unpaired) electrons. The molecule has 1 aromatic rings. The van der Waals surface area contributed by atoms with Gasteiger partial charge in [-0.3, -0.25) is 9.59 Å². The Kier molecular flexibility index (Phi) is 5.94. The maximum absolute atomic E-state index is 11.7. The quantitative estimate of drug-likeness (QED) is 0.559. The molecule has 0 unspecified atom stereocenters. The second kappa shape index (κ2) is 7.23. The topological polar surface area (TPSA) is 65.5 Å². The van der Waals surface area contributed by atoms with Gasteiger partial charge in [0.15, 0.2) is 5.01 Å². The zero-order valence-electron chi connectivity index (χ0n) is 10.8. The third-order valence-electron chi connectivity index (χ3n) is 1.97. The summed E-state index contributed by atoms with van der Waals surface area (Å²) < 4.78 is 10.0. The standard InChI is InChI=1S/C12H17NO4S/c1-4-16-11(15)5-9-7-18-12(13-9)10(14)6-17-8(2)3/h7-8H,4-6H2,1-3H3. The van der Waals surface area contributed by atoms with Crippen LogP contribution in [-0.4, -0.2) is 36.1 Å². The molecule has 0 aromatic carbocycles. The first-order valence-electron chi connectivity index (χ1n) is 5.77. The molecular weight excluding hydrogens is 254 g/mol. The third-order valence-corrected chi connectivity index (χ3v) is 2.90. The van der Waals surface area contributed by atoms with Crippen molar-refractivity contribution in [1.82, 2.24) is 4.98 Å². The number of rotatable bonds is 7. The minimum Gasteiger partial charge on any atom is -0.466 e. The van der Waals surface area contributed by atoms with Gasteiger partial charge in [-0.2, -0.15) is 0 Å². The maximum atomic E-state index is 11.7. The first-order chi connectivity index (χ1) is 8.52. The van der Waals surface area contributed by atoms with Crippen molar-refractivity contribution in [2.75, 3.05) is 13.2 Å². The minimum atomic E-state index is -0.333. The van der Waals surface area contributed by atoms with Crippen LogP contribution in [0.25, 0.3) is 0 Å². The Morgan fingerprint density at radius 3 is 2.78 bits per heavy atom. The van der Waals surface area contributed by atoms with Crippen molar-refractivity contribution < 1.29 is 19.1 Å². The fourth-order valence-corrected chi connectivity index (χ4v) is 1.92. The lowest BCUT2D eigenvalue weighted by Crippen LogP contribution is -2.13. The number of ketones is 1. The number of carbonyl (C=O) groups is 2. The van der Waals surface area contributed by atoms with Crippen molar-refractivity contribution in [2.24, 2.45) is 0 Å². The lowest BCUT2D eigenvalue weighted by atomic mass is 10.3. The van der Waals surface area contributed by atoms with E-state index in [1.165, 1.54) is 11.3 Å². The third kappa shape index (κ3) is 4.93. The largest absolute Gasteiger partial charge is 0.466 e. The van der Waals surface area contributed by atoms with Gasteiger partial charge < -0.3 is 9.47 Å². The number of hydrogen-bond acceptors (Lipinski definition) is 6. The lowest BCUT2D eigenvalue weighted by molar-refractivity contribution is -0.142. The van der Waals surface area contributed by atoms with Crippen molar-refractivity contribution >= 4 is 23.1 Å². The van der Waals surface area contributed by atoms with Gasteiger partial charge in [-0.25, -0.2) is 4.98 Å². The molecule has 0 aliphatic heterocycles. The van der Waals surface area contributed by atoms with Gasteiger partial charge in [0, 0.05) is 5.38 Å². The summed E-state index contributed by atoms with van der Waals surface area (Å²) in [5.41, 5.74) is 0.561. The summed E-state index contributed by atoms with van der Waals surface area (Å²) in [4.78, 5) is 27.0. The molecular formula is C12H17NO4S. The Labute approximate surface area is 110 Å². The van der Waals surface area contributed by atoms with Gasteiger partial charge in [0.05, 0.1) is 24.8 Å². The Bertz CT molecular complexity index is 414. The average Bonchev–Trinajstić information content (AvgIpc) is 2.74. The predicted octanol–water partition coefficient (Wildman–Crippen LogP) is 1.86. The molecule has 0 atom stereocenters. The number of Topliss-reactive ketones (excluding diaryl/α,β-unsaturated/α-hetero) is 1.